The lowest BCUT2D eigenvalue weighted by Gasteiger charge is -2.56. The molecule has 0 saturated heterocycles. The molecule has 1 heterocycles. The van der Waals surface area contributed by atoms with Crippen LogP contribution in [0.2, 0.25) is 0 Å². The first-order valence-electron chi connectivity index (χ1n) is 14.0. The molecule has 6 rings (SSSR count). The van der Waals surface area contributed by atoms with Gasteiger partial charge in [-0.1, -0.05) is 23.4 Å². The molecule has 45 heavy (non-hydrogen) atoms. The van der Waals surface area contributed by atoms with E-state index in [4.69, 9.17) is 15.7 Å². The predicted molar refractivity (Wildman–Crippen MR) is 161 cm³/mol. The minimum absolute atomic E-state index is 0.0603. The van der Waals surface area contributed by atoms with Gasteiger partial charge in [0.15, 0.2) is 11.5 Å². The van der Waals surface area contributed by atoms with Crippen LogP contribution in [0.3, 0.4) is 0 Å². The first-order chi connectivity index (χ1) is 21.2. The second kappa shape index (κ2) is 9.99. The quantitative estimate of drug-likeness (QED) is 0.125. The van der Waals surface area contributed by atoms with Gasteiger partial charge in [-0.3, -0.25) is 19.3 Å². The predicted octanol–water partition coefficient (Wildman–Crippen LogP) is 2.10. The molecule has 4 atom stereocenters. The number of carbonyl (C=O) groups excluding carboxylic acids is 3. The number of para-hydroxylation sites is 1. The van der Waals surface area contributed by atoms with Gasteiger partial charge in [-0.15, -0.1) is 0 Å². The molecule has 3 aromatic rings. The number of rotatable bonds is 5. The van der Waals surface area contributed by atoms with Crippen molar-refractivity contribution in [2.75, 3.05) is 33.1 Å². The van der Waals surface area contributed by atoms with Gasteiger partial charge in [-0.25, -0.2) is 5.43 Å². The van der Waals surface area contributed by atoms with Gasteiger partial charge >= 0.3 is 0 Å². The zero-order valence-corrected chi connectivity index (χ0v) is 24.9. The summed E-state index contributed by atoms with van der Waals surface area (Å²) in [5.74, 6) is -6.39. The number of carbonyl (C=O) groups is 3. The Balaban J connectivity index is 1.61. The molecule has 14 heteroatoms. The first kappa shape index (κ1) is 30.0. The van der Waals surface area contributed by atoms with Crippen LogP contribution in [-0.2, 0) is 20.8 Å². The number of anilines is 1. The van der Waals surface area contributed by atoms with Crippen molar-refractivity contribution in [2.45, 2.75) is 30.0 Å². The third kappa shape index (κ3) is 3.89. The molecule has 1 aromatic heterocycles. The molecule has 0 aliphatic heterocycles. The molecule has 0 unspecified atom stereocenters. The molecule has 3 aliphatic carbocycles. The van der Waals surface area contributed by atoms with E-state index in [0.717, 1.165) is 5.39 Å². The van der Waals surface area contributed by atoms with Gasteiger partial charge in [0, 0.05) is 30.7 Å². The fourth-order valence-electron chi connectivity index (χ4n) is 7.29. The van der Waals surface area contributed by atoms with Crippen molar-refractivity contribution >= 4 is 39.9 Å². The third-order valence-electron chi connectivity index (χ3n) is 9.20. The minimum Gasteiger partial charge on any atom is -0.508 e. The molecule has 3 aliphatic rings. The van der Waals surface area contributed by atoms with Crippen molar-refractivity contribution in [2.24, 2.45) is 16.9 Å². The van der Waals surface area contributed by atoms with Crippen molar-refractivity contribution < 1.29 is 39.2 Å². The smallest absolute Gasteiger partial charge is 0.279 e. The van der Waals surface area contributed by atoms with Crippen LogP contribution in [0.1, 0.15) is 17.5 Å². The van der Waals surface area contributed by atoms with E-state index in [2.05, 4.69) is 5.22 Å². The van der Waals surface area contributed by atoms with Crippen LogP contribution in [0.15, 0.2) is 62.9 Å². The van der Waals surface area contributed by atoms with E-state index in [9.17, 15) is 34.8 Å². The van der Waals surface area contributed by atoms with Crippen molar-refractivity contribution in [3.8, 4) is 17.1 Å². The molecule has 1 saturated carbocycles. The van der Waals surface area contributed by atoms with Gasteiger partial charge < -0.3 is 35.5 Å². The van der Waals surface area contributed by atoms with E-state index in [0.29, 0.717) is 22.6 Å². The fourth-order valence-corrected chi connectivity index (χ4v) is 7.29. The summed E-state index contributed by atoms with van der Waals surface area (Å²) in [4.78, 5) is 43.9. The number of Topliss-reactive ketones (excluding diaryl/α,β-unsaturated/α-hetero) is 2. The molecule has 1 amide bonds. The van der Waals surface area contributed by atoms with Gasteiger partial charge in [0.25, 0.3) is 5.91 Å². The Morgan fingerprint density at radius 1 is 1.13 bits per heavy atom. The number of phenolic OH excluding ortho intramolecular Hbond substituents is 1. The molecule has 0 bridgehead atoms. The van der Waals surface area contributed by atoms with Crippen molar-refractivity contribution in [3.05, 3.63) is 64.4 Å². The van der Waals surface area contributed by atoms with Crippen LogP contribution in [-0.4, -0.2) is 88.2 Å². The van der Waals surface area contributed by atoms with E-state index < -0.39 is 57.7 Å². The largest absolute Gasteiger partial charge is 0.508 e. The van der Waals surface area contributed by atoms with Crippen LogP contribution in [0, 0.1) is 11.4 Å². The van der Waals surface area contributed by atoms with Gasteiger partial charge in [0.2, 0.25) is 11.4 Å². The number of ketones is 2. The number of hydrogen-bond donors (Lipinski definition) is 7. The molecule has 234 valence electrons. The van der Waals surface area contributed by atoms with Gasteiger partial charge in [0.05, 0.1) is 22.7 Å². The molecule has 0 radical (unpaired) electrons. The number of nitrogens with zero attached hydrogens (tertiary/aromatic N) is 3. The number of amides is 1. The first-order valence-corrected chi connectivity index (χ1v) is 14.0. The Kier molecular flexibility index (Phi) is 6.66. The van der Waals surface area contributed by atoms with E-state index >= 15 is 0 Å². The summed E-state index contributed by atoms with van der Waals surface area (Å²) in [7, 11) is 6.49. The molecule has 14 nitrogen and oxygen atoms in total. The molecule has 8 N–H and O–H groups in total. The van der Waals surface area contributed by atoms with Crippen LogP contribution in [0.5, 0.6) is 5.75 Å². The highest BCUT2D eigenvalue weighted by molar-refractivity contribution is 6.25. The topological polar surface area (TPSA) is 226 Å². The highest BCUT2D eigenvalue weighted by atomic mass is 16.4. The van der Waals surface area contributed by atoms with Crippen LogP contribution < -0.4 is 16.1 Å². The van der Waals surface area contributed by atoms with Gasteiger partial charge in [-0.2, -0.15) is 5.53 Å². The van der Waals surface area contributed by atoms with E-state index in [1.807, 2.05) is 12.1 Å². The maximum atomic E-state index is 14.4. The molecule has 1 fully saturated rings. The van der Waals surface area contributed by atoms with E-state index in [1.165, 1.54) is 19.0 Å². The Morgan fingerprint density at radius 2 is 1.82 bits per heavy atom. The zero-order valence-electron chi connectivity index (χ0n) is 24.9. The van der Waals surface area contributed by atoms with E-state index in [-0.39, 0.29) is 35.3 Å². The standard InChI is InChI=1S/C31H32N6O8/c1-36(2)17-11-16(19-10-13-7-5-6-8-18(13)45-19)23(38)21-15(17)9-14-12-30(32)26(37(3)4)25(40)22(29(43)34-35-33)28(42)31(30,44)27(41)20(14)24(21)39/h5-8,10-11,14,26,38-39,42,44H,9,12,32H2,1-4H3,(H2,33,34,43)/t14-,26+,30+,31-/m0/s1. The Bertz CT molecular complexity index is 1880. The monoisotopic (exact) mass is 616 g/mol. The average Bonchev–Trinajstić information content (AvgIpc) is 3.39. The van der Waals surface area contributed by atoms with Crippen molar-refractivity contribution in [1.29, 1.82) is 5.53 Å². The number of fused-ring (bicyclic) bond motifs is 4. The Hall–Kier alpha value is -5.05. The number of nitrogens with two attached hydrogens (primary N) is 1. The molecular weight excluding hydrogens is 584 g/mol. The number of phenols is 1. The van der Waals surface area contributed by atoms with Crippen molar-refractivity contribution in [3.63, 3.8) is 0 Å². The lowest BCUT2D eigenvalue weighted by molar-refractivity contribution is -0.157. The summed E-state index contributed by atoms with van der Waals surface area (Å²) >= 11 is 0. The number of hydrogen-bond acceptors (Lipinski definition) is 13. The number of furan rings is 1. The number of benzene rings is 2. The van der Waals surface area contributed by atoms with Crippen LogP contribution in [0.25, 0.3) is 28.1 Å². The molecule has 2 aromatic carbocycles. The second-order valence-corrected chi connectivity index (χ2v) is 12.1. The summed E-state index contributed by atoms with van der Waals surface area (Å²) in [6.45, 7) is 0. The number of nitrogens with one attached hydrogen (secondary N) is 2. The molecule has 0 spiro atoms. The van der Waals surface area contributed by atoms with Gasteiger partial charge in [-0.05, 0) is 56.6 Å². The maximum absolute atomic E-state index is 14.4. The fraction of sp³-hybridized carbons (Fsp3) is 0.323. The second-order valence-electron chi connectivity index (χ2n) is 12.1. The Labute approximate surface area is 256 Å². The third-order valence-corrected chi connectivity index (χ3v) is 9.20. The number of likely N-dealkylation sites (N-methyl/N-ethyl adjacent to an activating group) is 1. The summed E-state index contributed by atoms with van der Waals surface area (Å²) in [6.07, 6.45) is -0.204. The SMILES string of the molecule is CN(C)c1cc(-c2cc3ccccc3o2)c(O)c2c1C[C@H]1C[C@@]3(N)[C@H](N(C)C)C(=O)C(C(=O)NN=N)=C(O)[C@@]3(O)C(=O)C1=C2O. The van der Waals surface area contributed by atoms with Crippen LogP contribution in [0.4, 0.5) is 5.69 Å². The summed E-state index contributed by atoms with van der Waals surface area (Å²) < 4.78 is 6.00. The van der Waals surface area contributed by atoms with Crippen molar-refractivity contribution in [1.82, 2.24) is 10.3 Å². The highest BCUT2D eigenvalue weighted by Gasteiger charge is 2.71. The molecular formula is C31H32N6O8. The minimum atomic E-state index is -3.04. The normalized spacial score (nSPS) is 26.1. The zero-order chi connectivity index (χ0) is 32.7. The number of aliphatic hydroxyl groups excluding tert-OH is 2. The lowest BCUT2D eigenvalue weighted by atomic mass is 9.53. The van der Waals surface area contributed by atoms with Crippen LogP contribution >= 0.6 is 0 Å². The lowest BCUT2D eigenvalue weighted by Crippen LogP contribution is -2.80. The summed E-state index contributed by atoms with van der Waals surface area (Å²) in [6, 6.07) is 9.24. The summed E-state index contributed by atoms with van der Waals surface area (Å²) in [5, 5.41) is 50.3. The number of aromatic hydroxyl groups is 1. The maximum Gasteiger partial charge on any atom is 0.279 e. The van der Waals surface area contributed by atoms with E-state index in [1.54, 1.807) is 48.7 Å². The highest BCUT2D eigenvalue weighted by Crippen LogP contribution is 2.55. The number of aliphatic hydroxyl groups is 3. The summed E-state index contributed by atoms with van der Waals surface area (Å²) in [5.41, 5.74) is 10.8. The average molecular weight is 617 g/mol. The Morgan fingerprint density at radius 3 is 2.44 bits per heavy atom. The van der Waals surface area contributed by atoms with Gasteiger partial charge in [0.1, 0.15) is 28.4 Å².